The molecule has 0 amide bonds. The standard InChI is InChI=1S/C7H9N3/c8-3-6(4-9)7(10)5-1-2-5/h3,5,10H,1-2,8H2/b6-3-,10-7?. The monoisotopic (exact) mass is 135 g/mol. The van der Waals surface area contributed by atoms with Gasteiger partial charge in [0.05, 0.1) is 11.3 Å². The Morgan fingerprint density at radius 2 is 2.30 bits per heavy atom. The number of nitrogens with two attached hydrogens (primary N) is 1. The number of hydrogen-bond acceptors (Lipinski definition) is 3. The van der Waals surface area contributed by atoms with Crippen molar-refractivity contribution in [2.45, 2.75) is 12.8 Å². The lowest BCUT2D eigenvalue weighted by atomic mass is 10.1. The molecule has 0 aromatic rings. The van der Waals surface area contributed by atoms with Crippen LogP contribution in [0.25, 0.3) is 0 Å². The molecule has 1 saturated carbocycles. The van der Waals surface area contributed by atoms with Gasteiger partial charge in [-0.15, -0.1) is 0 Å². The van der Waals surface area contributed by atoms with Gasteiger partial charge in [-0.2, -0.15) is 5.26 Å². The van der Waals surface area contributed by atoms with Crippen LogP contribution < -0.4 is 5.73 Å². The molecule has 10 heavy (non-hydrogen) atoms. The molecule has 0 unspecified atom stereocenters. The van der Waals surface area contributed by atoms with Gasteiger partial charge in [0.2, 0.25) is 0 Å². The molecule has 0 saturated heterocycles. The molecule has 1 fully saturated rings. The molecule has 1 aliphatic rings. The number of hydrogen-bond donors (Lipinski definition) is 2. The first-order valence-corrected chi connectivity index (χ1v) is 3.20. The van der Waals surface area contributed by atoms with Crippen LogP contribution in [0, 0.1) is 22.7 Å². The fraction of sp³-hybridized carbons (Fsp3) is 0.429. The highest BCUT2D eigenvalue weighted by molar-refractivity contribution is 6.03. The number of nitrogens with zero attached hydrogens (tertiary/aromatic N) is 1. The van der Waals surface area contributed by atoms with Gasteiger partial charge in [-0.1, -0.05) is 0 Å². The second kappa shape index (κ2) is 2.53. The SMILES string of the molecule is N#C/C(=C/N)C(=N)C1CC1. The van der Waals surface area contributed by atoms with E-state index in [0.717, 1.165) is 12.8 Å². The maximum atomic E-state index is 8.43. The Kier molecular flexibility index (Phi) is 1.72. The van der Waals surface area contributed by atoms with Crippen molar-refractivity contribution in [2.75, 3.05) is 0 Å². The lowest BCUT2D eigenvalue weighted by molar-refractivity contribution is 1.16. The molecular weight excluding hydrogens is 126 g/mol. The third-order valence-corrected chi connectivity index (χ3v) is 1.56. The Hall–Kier alpha value is -1.30. The van der Waals surface area contributed by atoms with E-state index in [0.29, 0.717) is 17.2 Å². The van der Waals surface area contributed by atoms with Gasteiger partial charge in [0.25, 0.3) is 0 Å². The van der Waals surface area contributed by atoms with E-state index in [1.807, 2.05) is 6.07 Å². The molecule has 0 aromatic heterocycles. The average molecular weight is 135 g/mol. The summed E-state index contributed by atoms with van der Waals surface area (Å²) in [6, 6.07) is 1.88. The highest BCUT2D eigenvalue weighted by atomic mass is 14.6. The molecule has 0 bridgehead atoms. The minimum Gasteiger partial charge on any atom is -0.403 e. The molecule has 0 atom stereocenters. The lowest BCUT2D eigenvalue weighted by Gasteiger charge is -1.94. The predicted molar refractivity (Wildman–Crippen MR) is 38.3 cm³/mol. The highest BCUT2D eigenvalue weighted by Crippen LogP contribution is 2.32. The van der Waals surface area contributed by atoms with Crippen molar-refractivity contribution in [3.05, 3.63) is 11.8 Å². The smallest absolute Gasteiger partial charge is 0.103 e. The first kappa shape index (κ1) is 6.81. The van der Waals surface area contributed by atoms with Gasteiger partial charge in [-0.25, -0.2) is 0 Å². The van der Waals surface area contributed by atoms with Crippen LogP contribution in [0.4, 0.5) is 0 Å². The van der Waals surface area contributed by atoms with Crippen molar-refractivity contribution < 1.29 is 0 Å². The van der Waals surface area contributed by atoms with E-state index in [2.05, 4.69) is 0 Å². The van der Waals surface area contributed by atoms with Crippen molar-refractivity contribution in [1.29, 1.82) is 10.7 Å². The van der Waals surface area contributed by atoms with Crippen molar-refractivity contribution >= 4 is 5.71 Å². The summed E-state index contributed by atoms with van der Waals surface area (Å²) in [5, 5.41) is 15.8. The normalized spacial score (nSPS) is 18.1. The maximum Gasteiger partial charge on any atom is 0.103 e. The van der Waals surface area contributed by atoms with E-state index in [1.165, 1.54) is 6.20 Å². The average Bonchev–Trinajstić information content (AvgIpc) is 2.71. The summed E-state index contributed by atoms with van der Waals surface area (Å²) < 4.78 is 0. The van der Waals surface area contributed by atoms with Crippen LogP contribution in [0.3, 0.4) is 0 Å². The predicted octanol–water partition coefficient (Wildman–Crippen LogP) is 0.782. The van der Waals surface area contributed by atoms with E-state index in [1.54, 1.807) is 0 Å². The van der Waals surface area contributed by atoms with E-state index < -0.39 is 0 Å². The Morgan fingerprint density at radius 3 is 2.60 bits per heavy atom. The van der Waals surface area contributed by atoms with Gasteiger partial charge >= 0.3 is 0 Å². The molecule has 1 aliphatic carbocycles. The van der Waals surface area contributed by atoms with E-state index in [9.17, 15) is 0 Å². The molecule has 3 heteroatoms. The Morgan fingerprint density at radius 1 is 1.70 bits per heavy atom. The zero-order chi connectivity index (χ0) is 7.56. The molecule has 0 spiro atoms. The summed E-state index contributed by atoms with van der Waals surface area (Å²) in [6.45, 7) is 0. The summed E-state index contributed by atoms with van der Waals surface area (Å²) >= 11 is 0. The van der Waals surface area contributed by atoms with Crippen molar-refractivity contribution in [1.82, 2.24) is 0 Å². The summed E-state index contributed by atoms with van der Waals surface area (Å²) in [5.74, 6) is 0.314. The zero-order valence-electron chi connectivity index (χ0n) is 5.59. The summed E-state index contributed by atoms with van der Waals surface area (Å²) in [5.41, 5.74) is 5.85. The van der Waals surface area contributed by atoms with Crippen LogP contribution in [-0.4, -0.2) is 5.71 Å². The quantitative estimate of drug-likeness (QED) is 0.433. The van der Waals surface area contributed by atoms with Gasteiger partial charge in [-0.3, -0.25) is 0 Å². The van der Waals surface area contributed by atoms with Crippen molar-refractivity contribution in [3.63, 3.8) is 0 Å². The van der Waals surface area contributed by atoms with E-state index in [4.69, 9.17) is 16.4 Å². The second-order valence-electron chi connectivity index (χ2n) is 2.38. The van der Waals surface area contributed by atoms with E-state index in [-0.39, 0.29) is 0 Å². The maximum absolute atomic E-state index is 8.43. The molecule has 0 radical (unpaired) electrons. The van der Waals surface area contributed by atoms with Crippen LogP contribution in [-0.2, 0) is 0 Å². The summed E-state index contributed by atoms with van der Waals surface area (Å²) in [4.78, 5) is 0. The van der Waals surface area contributed by atoms with E-state index >= 15 is 0 Å². The molecule has 0 heterocycles. The molecule has 0 aromatic carbocycles. The Labute approximate surface area is 59.7 Å². The van der Waals surface area contributed by atoms with Gasteiger partial charge in [0.1, 0.15) is 6.07 Å². The Balaban J connectivity index is 2.63. The third kappa shape index (κ3) is 1.16. The fourth-order valence-electron chi connectivity index (χ4n) is 0.779. The van der Waals surface area contributed by atoms with Crippen LogP contribution in [0.2, 0.25) is 0 Å². The molecule has 3 nitrogen and oxygen atoms in total. The van der Waals surface area contributed by atoms with Gasteiger partial charge in [-0.05, 0) is 12.8 Å². The molecule has 52 valence electrons. The molecule has 3 N–H and O–H groups in total. The Bertz CT molecular complexity index is 217. The number of rotatable bonds is 2. The van der Waals surface area contributed by atoms with Gasteiger partial charge in [0.15, 0.2) is 0 Å². The van der Waals surface area contributed by atoms with Crippen LogP contribution in [0.1, 0.15) is 12.8 Å². The largest absolute Gasteiger partial charge is 0.403 e. The second-order valence-corrected chi connectivity index (χ2v) is 2.38. The minimum absolute atomic E-state index is 0.314. The fourth-order valence-corrected chi connectivity index (χ4v) is 0.779. The number of nitriles is 1. The zero-order valence-corrected chi connectivity index (χ0v) is 5.59. The first-order chi connectivity index (χ1) is 4.79. The topological polar surface area (TPSA) is 73.7 Å². The number of nitrogens with one attached hydrogen (secondary N) is 1. The first-order valence-electron chi connectivity index (χ1n) is 3.20. The van der Waals surface area contributed by atoms with Gasteiger partial charge < -0.3 is 11.1 Å². The third-order valence-electron chi connectivity index (χ3n) is 1.56. The van der Waals surface area contributed by atoms with Gasteiger partial charge in [0, 0.05) is 12.1 Å². The van der Waals surface area contributed by atoms with Crippen molar-refractivity contribution in [3.8, 4) is 6.07 Å². The molecule has 0 aliphatic heterocycles. The van der Waals surface area contributed by atoms with Crippen molar-refractivity contribution in [2.24, 2.45) is 11.7 Å². The highest BCUT2D eigenvalue weighted by Gasteiger charge is 2.28. The molecular formula is C7H9N3. The number of allylic oxidation sites excluding steroid dienone is 1. The van der Waals surface area contributed by atoms with Crippen LogP contribution in [0.5, 0.6) is 0 Å². The molecule has 1 rings (SSSR count). The summed E-state index contributed by atoms with van der Waals surface area (Å²) in [7, 11) is 0. The lowest BCUT2D eigenvalue weighted by Crippen LogP contribution is -2.03. The van der Waals surface area contributed by atoms with Crippen LogP contribution >= 0.6 is 0 Å². The summed E-state index contributed by atoms with van der Waals surface area (Å²) in [6.07, 6.45) is 3.29. The van der Waals surface area contributed by atoms with Crippen LogP contribution in [0.15, 0.2) is 11.8 Å². The minimum atomic E-state index is 0.314.